The summed E-state index contributed by atoms with van der Waals surface area (Å²) in [6, 6.07) is 0. The predicted molar refractivity (Wildman–Crippen MR) is 195 cm³/mol. The number of likely N-dealkylation sites (N-methyl/N-ethyl adjacent to an activating group) is 3. The maximum absolute atomic E-state index is 12.6. The summed E-state index contributed by atoms with van der Waals surface area (Å²) in [5.41, 5.74) is 0. The largest absolute Gasteiger partial charge is 0.742 e. The molecule has 4 bridgehead atoms. The quantitative estimate of drug-likeness (QED) is 0.324. The minimum absolute atomic E-state index is 0. The van der Waals surface area contributed by atoms with Crippen LogP contribution in [-0.2, 0) is 41.3 Å². The number of thioether (sulfide) groups is 1. The first kappa shape index (κ1) is 43.8. The Morgan fingerprint density at radius 1 is 0.723 bits per heavy atom. The fraction of sp³-hybridized carbons (Fsp3) is 0.882. The van der Waals surface area contributed by atoms with Crippen molar-refractivity contribution in [3.63, 3.8) is 0 Å². The van der Waals surface area contributed by atoms with Gasteiger partial charge >= 0.3 is 0 Å². The summed E-state index contributed by atoms with van der Waals surface area (Å²) in [6.07, 6.45) is 7.87. The van der Waals surface area contributed by atoms with Crippen LogP contribution in [0.4, 0.5) is 0 Å². The highest BCUT2D eigenvalue weighted by Crippen LogP contribution is 2.51. The topological polar surface area (TPSA) is 121 Å². The van der Waals surface area contributed by atoms with E-state index in [2.05, 4.69) is 34.5 Å². The molecule has 8 atom stereocenters. The van der Waals surface area contributed by atoms with E-state index in [0.29, 0.717) is 0 Å². The van der Waals surface area contributed by atoms with Crippen LogP contribution in [0.5, 0.6) is 0 Å². The number of hydrogen-bond acceptors (Lipinski definition) is 12. The number of nitrogens with one attached hydrogen (secondary N) is 2. The van der Waals surface area contributed by atoms with E-state index in [-0.39, 0.29) is 93.0 Å². The molecule has 13 heteroatoms. The molecule has 7 fully saturated rings. The van der Waals surface area contributed by atoms with Gasteiger partial charge in [-0.25, -0.2) is 0 Å². The van der Waals surface area contributed by atoms with Crippen molar-refractivity contribution < 1.29 is 30.1 Å². The van der Waals surface area contributed by atoms with Crippen molar-refractivity contribution in [2.24, 2.45) is 23.7 Å². The molecule has 7 aliphatic rings. The van der Waals surface area contributed by atoms with Gasteiger partial charge in [0.1, 0.15) is 0 Å². The maximum Gasteiger partial charge on any atom is 0.229 e. The van der Waals surface area contributed by atoms with E-state index in [9.17, 15) is 19.2 Å². The first-order chi connectivity index (χ1) is 21.2. The molecule has 0 aromatic heterocycles. The SMILES string of the molecule is C.C.C.CN1CCCCC1.CN1CCN(C(=O)C2C3CCC(O3)C2C(=O)[S-])CC1.CNCCNC.O=C1SC(=O)C2C3CCC(O3)C12.[2HH]. The van der Waals surface area contributed by atoms with Crippen LogP contribution in [-0.4, -0.2) is 141 Å². The molecule has 0 radical (unpaired) electrons. The lowest BCUT2D eigenvalue weighted by atomic mass is 9.79. The van der Waals surface area contributed by atoms with Crippen LogP contribution in [0.1, 0.15) is 68.7 Å². The predicted octanol–water partition coefficient (Wildman–Crippen LogP) is 2.89. The number of fused-ring (bicyclic) bond motifs is 7. The molecule has 0 aliphatic carbocycles. The summed E-state index contributed by atoms with van der Waals surface area (Å²) in [5, 5.41) is 5.78. The van der Waals surface area contributed by atoms with E-state index in [0.717, 1.165) is 76.7 Å². The molecule has 0 aromatic carbocycles. The summed E-state index contributed by atoms with van der Waals surface area (Å²) < 4.78 is 11.3. The molecule has 0 saturated carbocycles. The van der Waals surface area contributed by atoms with Crippen LogP contribution >= 0.6 is 11.8 Å². The Morgan fingerprint density at radius 3 is 1.57 bits per heavy atom. The van der Waals surface area contributed by atoms with E-state index in [1.807, 2.05) is 19.0 Å². The molecule has 0 spiro atoms. The van der Waals surface area contributed by atoms with Gasteiger partial charge in [0.05, 0.1) is 42.2 Å². The van der Waals surface area contributed by atoms with Crippen LogP contribution in [0.25, 0.3) is 0 Å². The smallest absolute Gasteiger partial charge is 0.229 e. The van der Waals surface area contributed by atoms with Crippen LogP contribution in [0.15, 0.2) is 0 Å². The van der Waals surface area contributed by atoms with E-state index < -0.39 is 0 Å². The Balaban J connectivity index is 0.000000659. The van der Waals surface area contributed by atoms with Crippen molar-refractivity contribution in [3.05, 3.63) is 0 Å². The normalized spacial score (nSPS) is 33.4. The second kappa shape index (κ2) is 21.1. The number of rotatable bonds is 5. The van der Waals surface area contributed by atoms with Crippen molar-refractivity contribution in [3.8, 4) is 0 Å². The van der Waals surface area contributed by atoms with Crippen LogP contribution in [0, 0.1) is 23.7 Å². The zero-order valence-electron chi connectivity index (χ0n) is 26.8. The lowest BCUT2D eigenvalue weighted by Gasteiger charge is -2.37. The van der Waals surface area contributed by atoms with Crippen molar-refractivity contribution in [2.75, 3.05) is 80.5 Å². The van der Waals surface area contributed by atoms with Gasteiger partial charge in [0.2, 0.25) is 16.1 Å². The number of likely N-dealkylation sites (tertiary alicyclic amines) is 1. The molecule has 7 heterocycles. The van der Waals surface area contributed by atoms with Gasteiger partial charge in [-0.15, -0.1) is 0 Å². The number of piperidine rings is 1. The number of carbonyl (C=O) groups excluding carboxylic acids is 4. The molecule has 7 rings (SSSR count). The summed E-state index contributed by atoms with van der Waals surface area (Å²) in [7, 11) is 8.13. The molecule has 47 heavy (non-hydrogen) atoms. The molecule has 276 valence electrons. The fourth-order valence-electron chi connectivity index (χ4n) is 7.34. The first-order valence-electron chi connectivity index (χ1n) is 16.4. The first-order valence-corrected chi connectivity index (χ1v) is 17.6. The molecule has 8 unspecified atom stereocenters. The number of nitrogens with zero attached hydrogens (tertiary/aromatic N) is 3. The average Bonchev–Trinajstić information content (AvgIpc) is 3.85. The van der Waals surface area contributed by atoms with Crippen LogP contribution < -0.4 is 10.6 Å². The van der Waals surface area contributed by atoms with Crippen molar-refractivity contribution in [1.29, 1.82) is 0 Å². The van der Waals surface area contributed by atoms with Gasteiger partial charge in [0, 0.05) is 51.7 Å². The summed E-state index contributed by atoms with van der Waals surface area (Å²) >= 11 is 5.72. The highest BCUT2D eigenvalue weighted by molar-refractivity contribution is 8.26. The number of amides is 1. The Labute approximate surface area is 296 Å². The average molecular weight is 706 g/mol. The molecule has 2 N–H and O–H groups in total. The Hall–Kier alpha value is -1.19. The van der Waals surface area contributed by atoms with Gasteiger partial charge in [0.25, 0.3) is 0 Å². The maximum atomic E-state index is 12.6. The van der Waals surface area contributed by atoms with Crippen LogP contribution in [0.3, 0.4) is 0 Å². The molecular weight excluding hydrogens is 639 g/mol. The third-order valence-electron chi connectivity index (χ3n) is 9.87. The van der Waals surface area contributed by atoms with Gasteiger partial charge < -0.3 is 52.2 Å². The van der Waals surface area contributed by atoms with Gasteiger partial charge in [-0.3, -0.25) is 14.4 Å². The molecule has 7 saturated heterocycles. The number of hydrogen-bond donors (Lipinski definition) is 2. The molecule has 11 nitrogen and oxygen atoms in total. The summed E-state index contributed by atoms with van der Waals surface area (Å²) in [4.78, 5) is 53.4. The minimum atomic E-state index is -0.388. The zero-order valence-corrected chi connectivity index (χ0v) is 28.5. The standard InChI is InChI=1S/C13H20N2O3S.C8H8O3S.C6H13N.C4H12N2.3CH4.H2/c1-14-4-6-15(7-5-14)12(16)10-8-2-3-9(18-8)11(10)13(17)19;9-7-5-3-1-2-4(11-3)6(5)8(10)12-7;1-7-5-3-2-4-6-7;1-5-3-4-6-2;;;;/h8-11H,2-7H2,1H3,(H,17,19);3-6H,1-2H2;2-6H2,1H3;5-6H,3-4H2,1-2H3;3*1H4;1H/p-1/i;;;;;;;1+1. The number of piperazine rings is 1. The lowest BCUT2D eigenvalue weighted by Crippen LogP contribution is -2.52. The Bertz CT molecular complexity index is 971. The van der Waals surface area contributed by atoms with Gasteiger partial charge in [0.15, 0.2) is 0 Å². The lowest BCUT2D eigenvalue weighted by molar-refractivity contribution is -0.141. The minimum Gasteiger partial charge on any atom is -0.742 e. The van der Waals surface area contributed by atoms with Crippen molar-refractivity contribution >= 4 is 45.6 Å². The third-order valence-corrected chi connectivity index (χ3v) is 11.1. The molecule has 0 aromatic rings. The highest BCUT2D eigenvalue weighted by atomic mass is 32.2. The summed E-state index contributed by atoms with van der Waals surface area (Å²) in [6.45, 7) is 8.00. The van der Waals surface area contributed by atoms with Gasteiger partial charge in [-0.2, -0.15) is 0 Å². The monoisotopic (exact) mass is 705 g/mol. The molecular formula is C34H66N5O6S2-. The van der Waals surface area contributed by atoms with E-state index in [1.165, 1.54) is 32.4 Å². The van der Waals surface area contributed by atoms with Crippen LogP contribution in [0.2, 0.25) is 0 Å². The van der Waals surface area contributed by atoms with E-state index in [4.69, 9.17) is 22.1 Å². The number of ether oxygens (including phenoxy) is 2. The molecule has 7 aliphatic heterocycles. The van der Waals surface area contributed by atoms with Gasteiger partial charge in [-0.1, -0.05) is 28.7 Å². The molecule has 1 amide bonds. The Kier molecular flexibility index (Phi) is 19.7. The second-order valence-corrected chi connectivity index (χ2v) is 14.4. The second-order valence-electron chi connectivity index (χ2n) is 12.9. The summed E-state index contributed by atoms with van der Waals surface area (Å²) in [5.74, 6) is -0.834. The zero-order chi connectivity index (χ0) is 31.8. The fourth-order valence-corrected chi connectivity index (χ4v) is 8.71. The number of carbonyl (C=O) groups is 4. The van der Waals surface area contributed by atoms with E-state index >= 15 is 0 Å². The van der Waals surface area contributed by atoms with Gasteiger partial charge in [-0.05, 0) is 91.6 Å². The van der Waals surface area contributed by atoms with Crippen molar-refractivity contribution in [2.45, 2.75) is 91.6 Å². The van der Waals surface area contributed by atoms with E-state index in [1.54, 1.807) is 0 Å². The third kappa shape index (κ3) is 11.2. The highest BCUT2D eigenvalue weighted by Gasteiger charge is 2.59. The van der Waals surface area contributed by atoms with Crippen molar-refractivity contribution in [1.82, 2.24) is 25.3 Å². The Morgan fingerprint density at radius 2 is 1.15 bits per heavy atom.